The number of hydrogen-bond acceptors (Lipinski definition) is 4. The van der Waals surface area contributed by atoms with E-state index in [1.807, 2.05) is 34.8 Å². The first-order valence-corrected chi connectivity index (χ1v) is 8.37. The van der Waals surface area contributed by atoms with Gasteiger partial charge in [0.05, 0.1) is 26.4 Å². The van der Waals surface area contributed by atoms with Crippen molar-refractivity contribution in [3.05, 3.63) is 24.0 Å². The second-order valence-corrected chi connectivity index (χ2v) is 6.88. The van der Waals surface area contributed by atoms with E-state index in [9.17, 15) is 4.79 Å². The van der Waals surface area contributed by atoms with E-state index in [1.54, 1.807) is 0 Å². The fourth-order valence-corrected chi connectivity index (χ4v) is 3.42. The summed E-state index contributed by atoms with van der Waals surface area (Å²) in [6.07, 6.45) is 1.90. The number of aromatic nitrogens is 1. The fraction of sp³-hybridized carbons (Fsp3) is 0.706. The summed E-state index contributed by atoms with van der Waals surface area (Å²) in [7, 11) is 1.90. The van der Waals surface area contributed by atoms with Crippen LogP contribution in [0, 0.1) is 0 Å². The van der Waals surface area contributed by atoms with Gasteiger partial charge in [0.25, 0.3) is 5.91 Å². The molecule has 0 unspecified atom stereocenters. The lowest BCUT2D eigenvalue weighted by atomic mass is 10.0. The number of ether oxygens (including phenoxy) is 2. The second kappa shape index (κ2) is 6.63. The van der Waals surface area contributed by atoms with E-state index in [4.69, 9.17) is 9.47 Å². The Labute approximate surface area is 137 Å². The molecule has 2 aliphatic heterocycles. The summed E-state index contributed by atoms with van der Waals surface area (Å²) < 4.78 is 13.8. The van der Waals surface area contributed by atoms with Crippen molar-refractivity contribution in [3.63, 3.8) is 0 Å². The van der Waals surface area contributed by atoms with Crippen LogP contribution in [0.4, 0.5) is 0 Å². The highest BCUT2D eigenvalue weighted by atomic mass is 16.5. The van der Waals surface area contributed by atoms with Crippen LogP contribution in [0.15, 0.2) is 18.3 Å². The summed E-state index contributed by atoms with van der Waals surface area (Å²) in [4.78, 5) is 17.1. The molecular formula is C17H27N3O3. The molecule has 23 heavy (non-hydrogen) atoms. The molecule has 1 aromatic heterocycles. The molecule has 1 aromatic rings. The number of nitrogens with zero attached hydrogens (tertiary/aromatic N) is 3. The SMILES string of the molecule is CC(C)N1CCOC[C@@]2(CN(C(=O)c3cccn3C)CCO2)C1. The van der Waals surface area contributed by atoms with Gasteiger partial charge in [-0.15, -0.1) is 0 Å². The Balaban J connectivity index is 1.76. The summed E-state index contributed by atoms with van der Waals surface area (Å²) in [6.45, 7) is 9.14. The van der Waals surface area contributed by atoms with Crippen molar-refractivity contribution in [1.82, 2.24) is 14.4 Å². The average Bonchev–Trinajstić information content (AvgIpc) is 2.85. The van der Waals surface area contributed by atoms with E-state index in [0.29, 0.717) is 32.3 Å². The number of morpholine rings is 1. The predicted molar refractivity (Wildman–Crippen MR) is 87.5 cm³/mol. The third-order valence-corrected chi connectivity index (χ3v) is 4.81. The van der Waals surface area contributed by atoms with E-state index in [-0.39, 0.29) is 5.91 Å². The van der Waals surface area contributed by atoms with Crippen molar-refractivity contribution in [1.29, 1.82) is 0 Å². The maximum atomic E-state index is 12.8. The molecule has 6 nitrogen and oxygen atoms in total. The van der Waals surface area contributed by atoms with Crippen LogP contribution >= 0.6 is 0 Å². The molecule has 128 valence electrons. The normalized spacial score (nSPS) is 26.7. The van der Waals surface area contributed by atoms with Crippen LogP contribution in [0.3, 0.4) is 0 Å². The molecule has 1 spiro atoms. The first-order chi connectivity index (χ1) is 11.0. The molecule has 1 amide bonds. The minimum absolute atomic E-state index is 0.0699. The largest absolute Gasteiger partial charge is 0.377 e. The Hall–Kier alpha value is -1.37. The molecule has 0 bridgehead atoms. The van der Waals surface area contributed by atoms with Crippen LogP contribution < -0.4 is 0 Å². The van der Waals surface area contributed by atoms with Crippen molar-refractivity contribution in [2.75, 3.05) is 46.0 Å². The number of amides is 1. The van der Waals surface area contributed by atoms with Crippen LogP contribution in [-0.2, 0) is 16.5 Å². The van der Waals surface area contributed by atoms with E-state index in [1.165, 1.54) is 0 Å². The number of carbonyl (C=O) groups is 1. The van der Waals surface area contributed by atoms with Gasteiger partial charge in [-0.2, -0.15) is 0 Å². The van der Waals surface area contributed by atoms with E-state index < -0.39 is 5.60 Å². The molecule has 3 rings (SSSR count). The maximum Gasteiger partial charge on any atom is 0.270 e. The summed E-state index contributed by atoms with van der Waals surface area (Å²) in [5.41, 5.74) is 0.303. The lowest BCUT2D eigenvalue weighted by Gasteiger charge is -2.44. The molecule has 0 aromatic carbocycles. The summed E-state index contributed by atoms with van der Waals surface area (Å²) in [5, 5.41) is 0. The van der Waals surface area contributed by atoms with Gasteiger partial charge in [-0.3, -0.25) is 9.69 Å². The Morgan fingerprint density at radius 3 is 2.78 bits per heavy atom. The highest BCUT2D eigenvalue weighted by molar-refractivity contribution is 5.92. The predicted octanol–water partition coefficient (Wildman–Crippen LogP) is 0.977. The number of rotatable bonds is 2. The third-order valence-electron chi connectivity index (χ3n) is 4.81. The topological polar surface area (TPSA) is 46.9 Å². The summed E-state index contributed by atoms with van der Waals surface area (Å²) >= 11 is 0. The molecule has 2 fully saturated rings. The van der Waals surface area contributed by atoms with Crippen molar-refractivity contribution in [3.8, 4) is 0 Å². The highest BCUT2D eigenvalue weighted by Gasteiger charge is 2.42. The van der Waals surface area contributed by atoms with Gasteiger partial charge in [0.2, 0.25) is 0 Å². The van der Waals surface area contributed by atoms with Crippen molar-refractivity contribution >= 4 is 5.91 Å². The van der Waals surface area contributed by atoms with Gasteiger partial charge in [0.1, 0.15) is 11.3 Å². The van der Waals surface area contributed by atoms with Crippen molar-refractivity contribution in [2.24, 2.45) is 7.05 Å². The zero-order valence-corrected chi connectivity index (χ0v) is 14.3. The molecule has 0 radical (unpaired) electrons. The van der Waals surface area contributed by atoms with E-state index in [0.717, 1.165) is 25.4 Å². The monoisotopic (exact) mass is 321 g/mol. The minimum atomic E-state index is -0.417. The maximum absolute atomic E-state index is 12.8. The molecule has 2 saturated heterocycles. The van der Waals surface area contributed by atoms with Gasteiger partial charge in [0.15, 0.2) is 0 Å². The Bertz CT molecular complexity index is 557. The first-order valence-electron chi connectivity index (χ1n) is 8.37. The number of carbonyl (C=O) groups excluding carboxylic acids is 1. The summed E-state index contributed by atoms with van der Waals surface area (Å²) in [6, 6.07) is 4.21. The molecule has 0 saturated carbocycles. The van der Waals surface area contributed by atoms with Gasteiger partial charge in [0, 0.05) is 38.9 Å². The van der Waals surface area contributed by atoms with Gasteiger partial charge in [-0.1, -0.05) is 0 Å². The van der Waals surface area contributed by atoms with Crippen LogP contribution in [-0.4, -0.2) is 77.9 Å². The fourth-order valence-electron chi connectivity index (χ4n) is 3.42. The molecule has 0 aliphatic carbocycles. The lowest BCUT2D eigenvalue weighted by Crippen LogP contribution is -2.60. The molecule has 1 atom stereocenters. The van der Waals surface area contributed by atoms with Crippen LogP contribution in [0.1, 0.15) is 24.3 Å². The highest BCUT2D eigenvalue weighted by Crippen LogP contribution is 2.24. The second-order valence-electron chi connectivity index (χ2n) is 6.88. The van der Waals surface area contributed by atoms with Crippen molar-refractivity contribution in [2.45, 2.75) is 25.5 Å². The molecule has 6 heteroatoms. The zero-order valence-electron chi connectivity index (χ0n) is 14.3. The van der Waals surface area contributed by atoms with Gasteiger partial charge in [-0.05, 0) is 26.0 Å². The smallest absolute Gasteiger partial charge is 0.270 e. The van der Waals surface area contributed by atoms with Gasteiger partial charge in [-0.25, -0.2) is 0 Å². The van der Waals surface area contributed by atoms with Gasteiger partial charge < -0.3 is 18.9 Å². The number of aryl methyl sites for hydroxylation is 1. The Morgan fingerprint density at radius 1 is 1.26 bits per heavy atom. The standard InChI is InChI=1S/C17H27N3O3/c1-14(2)19-7-9-22-13-17(11-19)12-20(8-10-23-17)16(21)15-5-4-6-18(15)3/h4-6,14H,7-13H2,1-3H3/t17-/m0/s1. The molecule has 3 heterocycles. The molecular weight excluding hydrogens is 294 g/mol. The van der Waals surface area contributed by atoms with Crippen LogP contribution in [0.25, 0.3) is 0 Å². The van der Waals surface area contributed by atoms with Crippen LogP contribution in [0.2, 0.25) is 0 Å². The van der Waals surface area contributed by atoms with Crippen LogP contribution in [0.5, 0.6) is 0 Å². The number of hydrogen-bond donors (Lipinski definition) is 0. The third kappa shape index (κ3) is 3.44. The van der Waals surface area contributed by atoms with Crippen molar-refractivity contribution < 1.29 is 14.3 Å². The minimum Gasteiger partial charge on any atom is -0.377 e. The Kier molecular flexibility index (Phi) is 4.75. The van der Waals surface area contributed by atoms with Gasteiger partial charge >= 0.3 is 0 Å². The Morgan fingerprint density at radius 2 is 2.09 bits per heavy atom. The first kappa shape index (κ1) is 16.5. The quantitative estimate of drug-likeness (QED) is 0.815. The molecule has 2 aliphatic rings. The van der Waals surface area contributed by atoms with E-state index >= 15 is 0 Å². The zero-order chi connectivity index (χ0) is 16.4. The average molecular weight is 321 g/mol. The lowest BCUT2D eigenvalue weighted by molar-refractivity contribution is -0.134. The summed E-state index contributed by atoms with van der Waals surface area (Å²) in [5.74, 6) is 0.0699. The molecule has 0 N–H and O–H groups in total. The van der Waals surface area contributed by atoms with E-state index in [2.05, 4.69) is 18.7 Å².